The number of amides is 1. The smallest absolute Gasteiger partial charge is 0.331 e. The largest absolute Gasteiger partial charge is 0.449 e. The predicted molar refractivity (Wildman–Crippen MR) is 95.1 cm³/mol. The molecule has 2 aromatic rings. The fourth-order valence-corrected chi connectivity index (χ4v) is 2.33. The van der Waals surface area contributed by atoms with Gasteiger partial charge in [0.1, 0.15) is 0 Å². The van der Waals surface area contributed by atoms with E-state index in [1.165, 1.54) is 19.2 Å². The number of anilines is 1. The number of hydrogen-bond donors (Lipinski definition) is 1. The molecule has 8 heteroatoms. The third kappa shape index (κ3) is 4.67. The molecular weight excluding hydrogens is 344 g/mol. The van der Waals surface area contributed by atoms with Crippen LogP contribution in [0.2, 0.25) is 5.15 Å². The number of nitrogens with one attached hydrogen (secondary N) is 1. The van der Waals surface area contributed by atoms with Crippen LogP contribution in [0.15, 0.2) is 24.4 Å². The zero-order valence-corrected chi connectivity index (χ0v) is 15.2. The van der Waals surface area contributed by atoms with E-state index < -0.39 is 18.0 Å². The standard InChI is InChI=1S/C17H19ClN4O3/c1-10-13(11(2)22(4)21-10)7-8-15(23)25-12(3)17(24)20-14-6-5-9-19-16(14)18/h5-9,12H,1-4H3,(H,20,24)/b8-7+/t12-/m1/s1. The van der Waals surface area contributed by atoms with E-state index in [0.717, 1.165) is 17.0 Å². The average molecular weight is 363 g/mol. The highest BCUT2D eigenvalue weighted by Gasteiger charge is 2.18. The van der Waals surface area contributed by atoms with Gasteiger partial charge in [-0.3, -0.25) is 9.48 Å². The Morgan fingerprint density at radius 3 is 2.72 bits per heavy atom. The maximum atomic E-state index is 12.1. The molecule has 132 valence electrons. The molecule has 0 aliphatic rings. The van der Waals surface area contributed by atoms with E-state index in [1.54, 1.807) is 22.9 Å². The Kier molecular flexibility index (Phi) is 5.93. The van der Waals surface area contributed by atoms with Crippen LogP contribution in [0.3, 0.4) is 0 Å². The quantitative estimate of drug-likeness (QED) is 0.502. The Bertz CT molecular complexity index is 829. The van der Waals surface area contributed by atoms with E-state index in [0.29, 0.717) is 5.69 Å². The van der Waals surface area contributed by atoms with Crippen molar-refractivity contribution in [2.24, 2.45) is 7.05 Å². The number of carbonyl (C=O) groups excluding carboxylic acids is 2. The van der Waals surface area contributed by atoms with Gasteiger partial charge in [0.2, 0.25) is 0 Å². The van der Waals surface area contributed by atoms with Gasteiger partial charge in [-0.1, -0.05) is 11.6 Å². The summed E-state index contributed by atoms with van der Waals surface area (Å²) in [6.45, 7) is 5.23. The fraction of sp³-hybridized carbons (Fsp3) is 0.294. The van der Waals surface area contributed by atoms with Gasteiger partial charge in [0, 0.05) is 30.6 Å². The lowest BCUT2D eigenvalue weighted by Crippen LogP contribution is -2.29. The Labute approximate surface area is 150 Å². The highest BCUT2D eigenvalue weighted by atomic mass is 35.5. The lowest BCUT2D eigenvalue weighted by Gasteiger charge is -2.12. The number of ether oxygens (including phenoxy) is 1. The number of nitrogens with zero attached hydrogens (tertiary/aromatic N) is 3. The van der Waals surface area contributed by atoms with Gasteiger partial charge in [0.25, 0.3) is 5.91 Å². The van der Waals surface area contributed by atoms with Crippen LogP contribution in [0, 0.1) is 13.8 Å². The molecule has 2 rings (SSSR count). The minimum Gasteiger partial charge on any atom is -0.449 e. The summed E-state index contributed by atoms with van der Waals surface area (Å²) < 4.78 is 6.83. The summed E-state index contributed by atoms with van der Waals surface area (Å²) in [4.78, 5) is 27.9. The number of pyridine rings is 1. The van der Waals surface area contributed by atoms with E-state index in [4.69, 9.17) is 16.3 Å². The molecule has 7 nitrogen and oxygen atoms in total. The number of halogens is 1. The van der Waals surface area contributed by atoms with Gasteiger partial charge in [-0.25, -0.2) is 9.78 Å². The normalized spacial score (nSPS) is 12.2. The molecule has 0 aliphatic carbocycles. The first-order valence-corrected chi connectivity index (χ1v) is 7.97. The first-order chi connectivity index (χ1) is 11.8. The van der Waals surface area contributed by atoms with Crippen molar-refractivity contribution in [1.82, 2.24) is 14.8 Å². The Morgan fingerprint density at radius 1 is 1.40 bits per heavy atom. The van der Waals surface area contributed by atoms with Crippen LogP contribution in [0.1, 0.15) is 23.9 Å². The lowest BCUT2D eigenvalue weighted by molar-refractivity contribution is -0.148. The van der Waals surface area contributed by atoms with E-state index >= 15 is 0 Å². The van der Waals surface area contributed by atoms with E-state index in [-0.39, 0.29) is 5.15 Å². The SMILES string of the molecule is Cc1nn(C)c(C)c1/C=C/C(=O)O[C@H](C)C(=O)Nc1cccnc1Cl. The van der Waals surface area contributed by atoms with Crippen molar-refractivity contribution >= 4 is 35.2 Å². The van der Waals surface area contributed by atoms with Crippen molar-refractivity contribution in [3.8, 4) is 0 Å². The second kappa shape index (κ2) is 7.94. The molecular formula is C17H19ClN4O3. The summed E-state index contributed by atoms with van der Waals surface area (Å²) in [5.41, 5.74) is 2.94. The molecule has 25 heavy (non-hydrogen) atoms. The van der Waals surface area contributed by atoms with Crippen LogP contribution in [0.4, 0.5) is 5.69 Å². The maximum absolute atomic E-state index is 12.1. The molecule has 1 N–H and O–H groups in total. The van der Waals surface area contributed by atoms with E-state index in [1.807, 2.05) is 20.9 Å². The summed E-state index contributed by atoms with van der Waals surface area (Å²) in [5, 5.41) is 6.99. The zero-order valence-electron chi connectivity index (χ0n) is 14.4. The van der Waals surface area contributed by atoms with Crippen LogP contribution in [-0.2, 0) is 21.4 Å². The minimum absolute atomic E-state index is 0.164. The van der Waals surface area contributed by atoms with Crippen LogP contribution in [-0.4, -0.2) is 32.7 Å². The number of rotatable bonds is 5. The topological polar surface area (TPSA) is 86.1 Å². The van der Waals surface area contributed by atoms with Crippen molar-refractivity contribution in [2.45, 2.75) is 26.9 Å². The van der Waals surface area contributed by atoms with Gasteiger partial charge in [-0.15, -0.1) is 0 Å². The van der Waals surface area contributed by atoms with Gasteiger partial charge < -0.3 is 10.1 Å². The molecule has 0 fully saturated rings. The third-order valence-electron chi connectivity index (χ3n) is 3.63. The molecule has 0 unspecified atom stereocenters. The number of aryl methyl sites for hydroxylation is 2. The summed E-state index contributed by atoms with van der Waals surface area (Å²) in [6.07, 6.45) is 3.43. The molecule has 1 amide bonds. The zero-order chi connectivity index (χ0) is 18.6. The molecule has 0 spiro atoms. The summed E-state index contributed by atoms with van der Waals surface area (Å²) >= 11 is 5.88. The van der Waals surface area contributed by atoms with Gasteiger partial charge in [0.05, 0.1) is 11.4 Å². The van der Waals surface area contributed by atoms with Crippen LogP contribution in [0.5, 0.6) is 0 Å². The molecule has 2 heterocycles. The second-order valence-corrected chi connectivity index (χ2v) is 5.81. The molecule has 0 aromatic carbocycles. The van der Waals surface area contributed by atoms with Crippen molar-refractivity contribution in [3.63, 3.8) is 0 Å². The van der Waals surface area contributed by atoms with E-state index in [9.17, 15) is 9.59 Å². The van der Waals surface area contributed by atoms with Crippen LogP contribution < -0.4 is 5.32 Å². The van der Waals surface area contributed by atoms with Crippen molar-refractivity contribution in [2.75, 3.05) is 5.32 Å². The first kappa shape index (κ1) is 18.7. The Balaban J connectivity index is 1.96. The van der Waals surface area contributed by atoms with Crippen LogP contribution >= 0.6 is 11.6 Å². The second-order valence-electron chi connectivity index (χ2n) is 5.45. The molecule has 0 radical (unpaired) electrons. The Hall–Kier alpha value is -2.67. The number of esters is 1. The first-order valence-electron chi connectivity index (χ1n) is 7.60. The number of aromatic nitrogens is 3. The Morgan fingerprint density at radius 2 is 2.12 bits per heavy atom. The third-order valence-corrected chi connectivity index (χ3v) is 3.93. The summed E-state index contributed by atoms with van der Waals surface area (Å²) in [5.74, 6) is -1.12. The maximum Gasteiger partial charge on any atom is 0.331 e. The van der Waals surface area contributed by atoms with Gasteiger partial charge in [-0.05, 0) is 39.0 Å². The average Bonchev–Trinajstić information content (AvgIpc) is 2.80. The van der Waals surface area contributed by atoms with Crippen LogP contribution in [0.25, 0.3) is 6.08 Å². The van der Waals surface area contributed by atoms with E-state index in [2.05, 4.69) is 15.4 Å². The number of hydrogen-bond acceptors (Lipinski definition) is 5. The minimum atomic E-state index is -0.982. The number of carbonyl (C=O) groups is 2. The lowest BCUT2D eigenvalue weighted by atomic mass is 10.2. The van der Waals surface area contributed by atoms with Crippen molar-refractivity contribution in [3.05, 3.63) is 46.5 Å². The molecule has 2 aromatic heterocycles. The molecule has 0 saturated heterocycles. The molecule has 1 atom stereocenters. The fourth-order valence-electron chi connectivity index (χ4n) is 2.16. The summed E-state index contributed by atoms with van der Waals surface area (Å²) in [6, 6.07) is 3.25. The highest BCUT2D eigenvalue weighted by molar-refractivity contribution is 6.32. The van der Waals surface area contributed by atoms with Gasteiger partial charge in [0.15, 0.2) is 11.3 Å². The monoisotopic (exact) mass is 362 g/mol. The van der Waals surface area contributed by atoms with Crippen molar-refractivity contribution < 1.29 is 14.3 Å². The molecule has 0 saturated carbocycles. The highest BCUT2D eigenvalue weighted by Crippen LogP contribution is 2.18. The van der Waals surface area contributed by atoms with Gasteiger partial charge in [-0.2, -0.15) is 5.10 Å². The molecule has 0 bridgehead atoms. The van der Waals surface area contributed by atoms with Gasteiger partial charge >= 0.3 is 5.97 Å². The summed E-state index contributed by atoms with van der Waals surface area (Å²) in [7, 11) is 1.83. The van der Waals surface area contributed by atoms with Crippen molar-refractivity contribution in [1.29, 1.82) is 0 Å². The predicted octanol–water partition coefficient (Wildman–Crippen LogP) is 2.67. The molecule has 0 aliphatic heterocycles.